The summed E-state index contributed by atoms with van der Waals surface area (Å²) in [6.07, 6.45) is -0.0878. The highest BCUT2D eigenvalue weighted by Gasteiger charge is 2.16. The van der Waals surface area contributed by atoms with Crippen molar-refractivity contribution in [1.29, 1.82) is 0 Å². The van der Waals surface area contributed by atoms with Crippen LogP contribution >= 0.6 is 11.3 Å². The van der Waals surface area contributed by atoms with Gasteiger partial charge in [-0.3, -0.25) is 0 Å². The molecule has 0 saturated heterocycles. The summed E-state index contributed by atoms with van der Waals surface area (Å²) in [4.78, 5) is 11.6. The summed E-state index contributed by atoms with van der Waals surface area (Å²) in [6, 6.07) is 10.6. The Morgan fingerprint density at radius 2 is 1.94 bits per heavy atom. The fourth-order valence-corrected chi connectivity index (χ4v) is 4.82. The molecule has 0 atom stereocenters. The largest absolute Gasteiger partial charge is 0.489 e. The molecule has 34 heavy (non-hydrogen) atoms. The van der Waals surface area contributed by atoms with Gasteiger partial charge in [0.1, 0.15) is 11.6 Å². The highest BCUT2D eigenvalue weighted by molar-refractivity contribution is 7.89. The summed E-state index contributed by atoms with van der Waals surface area (Å²) in [5.74, 6) is 1.51. The number of hydrogen-bond acceptors (Lipinski definition) is 8. The van der Waals surface area contributed by atoms with Crippen molar-refractivity contribution in [2.24, 2.45) is 12.2 Å². The van der Waals surface area contributed by atoms with Crippen LogP contribution in [0.25, 0.3) is 22.3 Å². The zero-order valence-electron chi connectivity index (χ0n) is 19.7. The summed E-state index contributed by atoms with van der Waals surface area (Å²) in [5.41, 5.74) is 4.19. The Hall–Kier alpha value is -2.99. The number of anilines is 2. The second-order valence-electron chi connectivity index (χ2n) is 8.56. The average molecular weight is 501 g/mol. The van der Waals surface area contributed by atoms with E-state index in [1.54, 1.807) is 6.07 Å². The number of nitrogens with one attached hydrogen (secondary N) is 1. The first kappa shape index (κ1) is 24.1. The lowest BCUT2D eigenvalue weighted by atomic mass is 10.1. The van der Waals surface area contributed by atoms with Gasteiger partial charge in [0, 0.05) is 18.0 Å². The van der Waals surface area contributed by atoms with Crippen molar-refractivity contribution in [3.8, 4) is 17.0 Å². The van der Waals surface area contributed by atoms with Gasteiger partial charge in [0.2, 0.25) is 10.0 Å². The molecule has 11 heteroatoms. The van der Waals surface area contributed by atoms with Crippen LogP contribution in [0.5, 0.6) is 5.75 Å². The van der Waals surface area contributed by atoms with E-state index < -0.39 is 10.0 Å². The molecule has 0 radical (unpaired) electrons. The van der Waals surface area contributed by atoms with Gasteiger partial charge in [0.15, 0.2) is 5.13 Å². The average Bonchev–Trinajstić information content (AvgIpc) is 3.32. The molecule has 0 unspecified atom stereocenters. The summed E-state index contributed by atoms with van der Waals surface area (Å²) in [7, 11) is 2.20. The molecule has 3 N–H and O–H groups in total. The lowest BCUT2D eigenvalue weighted by molar-refractivity contribution is 0.243. The number of hydrogen-bond donors (Lipinski definition) is 2. The number of aryl methyl sites for hydroxylation is 1. The van der Waals surface area contributed by atoms with E-state index in [9.17, 15) is 8.42 Å². The third-order valence-corrected chi connectivity index (χ3v) is 6.78. The second kappa shape index (κ2) is 9.34. The van der Waals surface area contributed by atoms with Gasteiger partial charge in [-0.2, -0.15) is 0 Å². The lowest BCUT2D eigenvalue weighted by Gasteiger charge is -2.15. The van der Waals surface area contributed by atoms with Crippen LogP contribution in [0.15, 0.2) is 46.7 Å². The SMILES string of the molecule is CC(C)Oc1ccc(S(N)(=O)=O)cc1Nc1nc(-c2ccc3c(c2)nc(CN(C)C)n3C)cs1. The van der Waals surface area contributed by atoms with Crippen LogP contribution in [0.3, 0.4) is 0 Å². The normalized spacial score (nSPS) is 12.1. The van der Waals surface area contributed by atoms with Crippen molar-refractivity contribution in [2.45, 2.75) is 31.4 Å². The van der Waals surface area contributed by atoms with E-state index >= 15 is 0 Å². The number of benzene rings is 2. The number of primary sulfonamides is 1. The number of ether oxygens (including phenoxy) is 1. The van der Waals surface area contributed by atoms with Crippen molar-refractivity contribution < 1.29 is 13.2 Å². The number of imidazole rings is 1. The third-order valence-electron chi connectivity index (χ3n) is 5.11. The molecular formula is C23H28N6O3S2. The van der Waals surface area contributed by atoms with Crippen LogP contribution in [0.4, 0.5) is 10.8 Å². The number of nitrogens with two attached hydrogens (primary N) is 1. The molecule has 0 bridgehead atoms. The smallest absolute Gasteiger partial charge is 0.238 e. The quantitative estimate of drug-likeness (QED) is 0.376. The summed E-state index contributed by atoms with van der Waals surface area (Å²) in [5, 5.41) is 11.1. The molecule has 2 heterocycles. The van der Waals surface area contributed by atoms with Gasteiger partial charge in [0.25, 0.3) is 0 Å². The predicted molar refractivity (Wildman–Crippen MR) is 136 cm³/mol. The van der Waals surface area contributed by atoms with E-state index in [1.165, 1.54) is 23.5 Å². The molecule has 0 amide bonds. The zero-order valence-corrected chi connectivity index (χ0v) is 21.4. The Morgan fingerprint density at radius 1 is 1.18 bits per heavy atom. The van der Waals surface area contributed by atoms with Gasteiger partial charge < -0.3 is 19.5 Å². The van der Waals surface area contributed by atoms with Crippen molar-refractivity contribution in [3.05, 3.63) is 47.6 Å². The van der Waals surface area contributed by atoms with Gasteiger partial charge in [-0.05, 0) is 58.3 Å². The van der Waals surface area contributed by atoms with Crippen molar-refractivity contribution in [2.75, 3.05) is 19.4 Å². The Balaban J connectivity index is 1.64. The molecule has 2 aromatic carbocycles. The molecule has 2 aromatic heterocycles. The summed E-state index contributed by atoms with van der Waals surface area (Å²) >= 11 is 1.41. The van der Waals surface area contributed by atoms with E-state index in [0.29, 0.717) is 16.6 Å². The Kier molecular flexibility index (Phi) is 6.63. The number of fused-ring (bicyclic) bond motifs is 1. The second-order valence-corrected chi connectivity index (χ2v) is 11.0. The number of sulfonamides is 1. The molecule has 0 saturated carbocycles. The third kappa shape index (κ3) is 5.22. The minimum Gasteiger partial charge on any atom is -0.489 e. The summed E-state index contributed by atoms with van der Waals surface area (Å²) in [6.45, 7) is 4.55. The lowest BCUT2D eigenvalue weighted by Crippen LogP contribution is -2.14. The van der Waals surface area contributed by atoms with Gasteiger partial charge >= 0.3 is 0 Å². The Labute approximate surface area is 203 Å². The van der Waals surface area contributed by atoms with Gasteiger partial charge in [0.05, 0.1) is 40.0 Å². The van der Waals surface area contributed by atoms with Crippen LogP contribution in [-0.4, -0.2) is 48.1 Å². The number of nitrogens with zero attached hydrogens (tertiary/aromatic N) is 4. The molecular weight excluding hydrogens is 472 g/mol. The molecule has 9 nitrogen and oxygen atoms in total. The van der Waals surface area contributed by atoms with Crippen LogP contribution in [0, 0.1) is 0 Å². The monoisotopic (exact) mass is 500 g/mol. The van der Waals surface area contributed by atoms with Crippen molar-refractivity contribution >= 4 is 43.2 Å². The Bertz CT molecular complexity index is 1440. The van der Waals surface area contributed by atoms with E-state index in [4.69, 9.17) is 19.8 Å². The fourth-order valence-electron chi connectivity index (χ4n) is 3.55. The first-order chi connectivity index (χ1) is 16.0. The highest BCUT2D eigenvalue weighted by atomic mass is 32.2. The predicted octanol–water partition coefficient (Wildman–Crippen LogP) is 3.94. The van der Waals surface area contributed by atoms with Gasteiger partial charge in [-0.1, -0.05) is 6.07 Å². The topological polar surface area (TPSA) is 115 Å². The molecule has 0 aliphatic carbocycles. The van der Waals surface area contributed by atoms with E-state index in [1.807, 2.05) is 58.6 Å². The Morgan fingerprint density at radius 3 is 2.62 bits per heavy atom. The van der Waals surface area contributed by atoms with Crippen LogP contribution in [0.1, 0.15) is 19.7 Å². The first-order valence-corrected chi connectivity index (χ1v) is 13.1. The number of rotatable bonds is 8. The maximum Gasteiger partial charge on any atom is 0.238 e. The molecule has 180 valence electrons. The van der Waals surface area contributed by atoms with E-state index in [2.05, 4.69) is 14.8 Å². The van der Waals surface area contributed by atoms with Crippen LogP contribution in [-0.2, 0) is 23.6 Å². The minimum atomic E-state index is -3.86. The van der Waals surface area contributed by atoms with Gasteiger partial charge in [-0.15, -0.1) is 11.3 Å². The molecule has 0 aliphatic rings. The van der Waals surface area contributed by atoms with Crippen LogP contribution in [0.2, 0.25) is 0 Å². The van der Waals surface area contributed by atoms with Gasteiger partial charge in [-0.25, -0.2) is 23.5 Å². The fraction of sp³-hybridized carbons (Fsp3) is 0.304. The van der Waals surface area contributed by atoms with E-state index in [-0.39, 0.29) is 11.0 Å². The minimum absolute atomic E-state index is 0.00276. The maximum absolute atomic E-state index is 11.8. The van der Waals surface area contributed by atoms with E-state index in [0.717, 1.165) is 34.7 Å². The molecule has 0 aliphatic heterocycles. The molecule has 4 rings (SSSR count). The standard InChI is InChI=1S/C23H28N6O3S2/c1-14(2)32-21-9-7-16(34(24,30)31)11-18(21)26-23-27-19(13-33-23)15-6-8-20-17(10-15)25-22(29(20)5)12-28(3)4/h6-11,13-14H,12H2,1-5H3,(H,26,27)(H2,24,30,31). The number of aromatic nitrogens is 3. The molecule has 4 aromatic rings. The molecule has 0 spiro atoms. The number of thiazole rings is 1. The highest BCUT2D eigenvalue weighted by Crippen LogP contribution is 2.34. The molecule has 0 fully saturated rings. The first-order valence-electron chi connectivity index (χ1n) is 10.7. The van der Waals surface area contributed by atoms with Crippen molar-refractivity contribution in [3.63, 3.8) is 0 Å². The van der Waals surface area contributed by atoms with Crippen molar-refractivity contribution in [1.82, 2.24) is 19.4 Å². The maximum atomic E-state index is 11.8. The van der Waals surface area contributed by atoms with Crippen LogP contribution < -0.4 is 15.2 Å². The summed E-state index contributed by atoms with van der Waals surface area (Å²) < 4.78 is 31.6. The zero-order chi connectivity index (χ0) is 24.6.